The Hall–Kier alpha value is -2.96. The van der Waals surface area contributed by atoms with Crippen LogP contribution in [0.25, 0.3) is 11.1 Å². The monoisotopic (exact) mass is 349 g/mol. The molecule has 0 bridgehead atoms. The van der Waals surface area contributed by atoms with Gasteiger partial charge in [0, 0.05) is 44.9 Å². The molecule has 0 saturated carbocycles. The van der Waals surface area contributed by atoms with Gasteiger partial charge < -0.3 is 9.80 Å². The van der Waals surface area contributed by atoms with E-state index in [0.29, 0.717) is 5.92 Å². The number of hydrogen-bond acceptors (Lipinski definition) is 6. The van der Waals surface area contributed by atoms with E-state index in [1.807, 2.05) is 43.4 Å². The van der Waals surface area contributed by atoms with E-state index in [2.05, 4.69) is 42.2 Å². The molecule has 3 aromatic rings. The largest absolute Gasteiger partial charge is 0.356 e. The van der Waals surface area contributed by atoms with Gasteiger partial charge in [0.1, 0.15) is 18.0 Å². The molecule has 0 unspecified atom stereocenters. The summed E-state index contributed by atoms with van der Waals surface area (Å²) in [5.41, 5.74) is 2.23. The van der Waals surface area contributed by atoms with Gasteiger partial charge in [0.05, 0.1) is 0 Å². The molecule has 1 aliphatic heterocycles. The van der Waals surface area contributed by atoms with Crippen molar-refractivity contribution in [1.82, 2.24) is 25.1 Å². The summed E-state index contributed by atoms with van der Waals surface area (Å²) in [5, 5.41) is 7.38. The van der Waals surface area contributed by atoms with Crippen LogP contribution in [0.15, 0.2) is 42.9 Å². The lowest BCUT2D eigenvalue weighted by atomic mass is 9.95. The first kappa shape index (κ1) is 16.5. The molecule has 7 nitrogen and oxygen atoms in total. The topological polar surface area (TPSA) is 73.8 Å². The van der Waals surface area contributed by atoms with Crippen LogP contribution in [0, 0.1) is 0 Å². The highest BCUT2D eigenvalue weighted by Gasteiger charge is 2.25. The fourth-order valence-electron chi connectivity index (χ4n) is 3.41. The van der Waals surface area contributed by atoms with E-state index in [9.17, 15) is 0 Å². The fourth-order valence-corrected chi connectivity index (χ4v) is 3.41. The first-order valence-electron chi connectivity index (χ1n) is 8.92. The van der Waals surface area contributed by atoms with Crippen LogP contribution in [0.5, 0.6) is 0 Å². The Morgan fingerprint density at radius 3 is 2.58 bits per heavy atom. The summed E-state index contributed by atoms with van der Waals surface area (Å²) in [6, 6.07) is 10.3. The van der Waals surface area contributed by atoms with Crippen molar-refractivity contribution in [3.05, 3.63) is 48.7 Å². The third kappa shape index (κ3) is 3.24. The van der Waals surface area contributed by atoms with Gasteiger partial charge in [0.2, 0.25) is 5.95 Å². The van der Waals surface area contributed by atoms with Crippen LogP contribution in [-0.2, 0) is 0 Å². The third-order valence-corrected chi connectivity index (χ3v) is 4.85. The molecule has 1 fully saturated rings. The van der Waals surface area contributed by atoms with E-state index in [1.165, 1.54) is 0 Å². The fraction of sp³-hybridized carbons (Fsp3) is 0.368. The van der Waals surface area contributed by atoms with E-state index in [1.54, 1.807) is 6.33 Å². The van der Waals surface area contributed by atoms with Gasteiger partial charge in [-0.05, 0) is 18.4 Å². The van der Waals surface area contributed by atoms with Gasteiger partial charge >= 0.3 is 0 Å². The van der Waals surface area contributed by atoms with Crippen molar-refractivity contribution in [1.29, 1.82) is 0 Å². The molecule has 1 N–H and O–H groups in total. The Bertz CT molecular complexity index is 851. The maximum Gasteiger partial charge on any atom is 0.244 e. The van der Waals surface area contributed by atoms with Crippen LogP contribution in [0.3, 0.4) is 0 Å². The van der Waals surface area contributed by atoms with E-state index >= 15 is 0 Å². The van der Waals surface area contributed by atoms with Crippen LogP contribution < -0.4 is 9.80 Å². The smallest absolute Gasteiger partial charge is 0.244 e. The number of nitrogens with zero attached hydrogens (tertiary/aromatic N) is 6. The SMILES string of the molecule is CN(C)c1n[nH]c(C2CCN(c3ncncc3-c3ccccc3)CC2)n1. The Morgan fingerprint density at radius 2 is 1.88 bits per heavy atom. The minimum Gasteiger partial charge on any atom is -0.356 e. The van der Waals surface area contributed by atoms with Crippen LogP contribution in [0.4, 0.5) is 11.8 Å². The van der Waals surface area contributed by atoms with Crippen molar-refractivity contribution in [3.63, 3.8) is 0 Å². The lowest BCUT2D eigenvalue weighted by Gasteiger charge is -2.32. The number of benzene rings is 1. The Labute approximate surface area is 153 Å². The third-order valence-electron chi connectivity index (χ3n) is 4.85. The van der Waals surface area contributed by atoms with E-state index in [-0.39, 0.29) is 0 Å². The average Bonchev–Trinajstić information content (AvgIpc) is 3.19. The van der Waals surface area contributed by atoms with Gasteiger partial charge in [0.15, 0.2) is 0 Å². The van der Waals surface area contributed by atoms with E-state index < -0.39 is 0 Å². The van der Waals surface area contributed by atoms with Crippen molar-refractivity contribution in [2.75, 3.05) is 37.0 Å². The molecule has 1 saturated heterocycles. The van der Waals surface area contributed by atoms with Gasteiger partial charge in [0.25, 0.3) is 0 Å². The quantitative estimate of drug-likeness (QED) is 0.781. The minimum absolute atomic E-state index is 0.412. The highest BCUT2D eigenvalue weighted by atomic mass is 15.3. The summed E-state index contributed by atoms with van der Waals surface area (Å²) in [6.45, 7) is 1.89. The number of aromatic amines is 1. The molecular weight excluding hydrogens is 326 g/mol. The van der Waals surface area contributed by atoms with Crippen LogP contribution in [-0.4, -0.2) is 52.3 Å². The number of anilines is 2. The van der Waals surface area contributed by atoms with Gasteiger partial charge in [-0.15, -0.1) is 5.10 Å². The van der Waals surface area contributed by atoms with Gasteiger partial charge in [-0.2, -0.15) is 4.98 Å². The lowest BCUT2D eigenvalue weighted by Crippen LogP contribution is -2.34. The second-order valence-corrected chi connectivity index (χ2v) is 6.80. The molecular formula is C19H23N7. The van der Waals surface area contributed by atoms with Crippen LogP contribution in [0.2, 0.25) is 0 Å². The average molecular weight is 349 g/mol. The molecule has 0 spiro atoms. The van der Waals surface area contributed by atoms with Gasteiger partial charge in [-0.3, -0.25) is 5.10 Å². The van der Waals surface area contributed by atoms with Crippen molar-refractivity contribution in [3.8, 4) is 11.1 Å². The lowest BCUT2D eigenvalue weighted by molar-refractivity contribution is 0.484. The molecule has 0 amide bonds. The Morgan fingerprint density at radius 1 is 1.12 bits per heavy atom. The molecule has 0 radical (unpaired) electrons. The number of H-pyrrole nitrogens is 1. The maximum absolute atomic E-state index is 4.61. The predicted octanol–water partition coefficient (Wildman–Crippen LogP) is 2.71. The maximum atomic E-state index is 4.61. The molecule has 26 heavy (non-hydrogen) atoms. The molecule has 134 valence electrons. The highest BCUT2D eigenvalue weighted by Crippen LogP contribution is 2.33. The molecule has 2 aromatic heterocycles. The summed E-state index contributed by atoms with van der Waals surface area (Å²) in [5.74, 6) is 3.15. The number of aromatic nitrogens is 5. The normalized spacial score (nSPS) is 15.2. The number of rotatable bonds is 4. The predicted molar refractivity (Wildman–Crippen MR) is 102 cm³/mol. The summed E-state index contributed by atoms with van der Waals surface area (Å²) in [7, 11) is 3.91. The highest BCUT2D eigenvalue weighted by molar-refractivity contribution is 5.75. The standard InChI is InChI=1S/C19H23N7/c1-25(2)19-22-17(23-24-19)15-8-10-26(11-9-15)18-16(12-20-13-21-18)14-6-4-3-5-7-14/h3-7,12-13,15H,8-11H2,1-2H3,(H,22,23,24). The van der Waals surface area contributed by atoms with E-state index in [0.717, 1.165) is 54.6 Å². The number of nitrogens with one attached hydrogen (secondary N) is 1. The molecule has 1 aliphatic rings. The molecule has 3 heterocycles. The zero-order chi connectivity index (χ0) is 17.9. The summed E-state index contributed by atoms with van der Waals surface area (Å²) >= 11 is 0. The van der Waals surface area contributed by atoms with Crippen molar-refractivity contribution >= 4 is 11.8 Å². The second-order valence-electron chi connectivity index (χ2n) is 6.80. The van der Waals surface area contributed by atoms with Crippen LogP contribution >= 0.6 is 0 Å². The van der Waals surface area contributed by atoms with Gasteiger partial charge in [-0.1, -0.05) is 30.3 Å². The molecule has 4 rings (SSSR count). The summed E-state index contributed by atoms with van der Waals surface area (Å²) < 4.78 is 0. The number of hydrogen-bond donors (Lipinski definition) is 1. The molecule has 7 heteroatoms. The Kier molecular flexibility index (Phi) is 4.51. The zero-order valence-electron chi connectivity index (χ0n) is 15.1. The summed E-state index contributed by atoms with van der Waals surface area (Å²) in [6.07, 6.45) is 5.60. The number of piperidine rings is 1. The second kappa shape index (κ2) is 7.11. The molecule has 0 aliphatic carbocycles. The molecule has 1 aromatic carbocycles. The molecule has 0 atom stereocenters. The van der Waals surface area contributed by atoms with Crippen molar-refractivity contribution in [2.45, 2.75) is 18.8 Å². The van der Waals surface area contributed by atoms with Crippen molar-refractivity contribution in [2.24, 2.45) is 0 Å². The zero-order valence-corrected chi connectivity index (χ0v) is 15.1. The van der Waals surface area contributed by atoms with E-state index in [4.69, 9.17) is 0 Å². The minimum atomic E-state index is 0.412. The van der Waals surface area contributed by atoms with Crippen molar-refractivity contribution < 1.29 is 0 Å². The van der Waals surface area contributed by atoms with Crippen LogP contribution in [0.1, 0.15) is 24.6 Å². The Balaban J connectivity index is 1.50. The van der Waals surface area contributed by atoms with Gasteiger partial charge in [-0.25, -0.2) is 9.97 Å². The summed E-state index contributed by atoms with van der Waals surface area (Å²) in [4.78, 5) is 17.7. The first-order valence-corrected chi connectivity index (χ1v) is 8.92. The first-order chi connectivity index (χ1) is 12.7.